The van der Waals surface area contributed by atoms with Crippen LogP contribution in [0.5, 0.6) is 5.75 Å². The molecule has 0 aromatic heterocycles. The topological polar surface area (TPSA) is 180 Å². The van der Waals surface area contributed by atoms with E-state index in [-0.39, 0.29) is 36.3 Å². The quantitative estimate of drug-likeness (QED) is 0.172. The van der Waals surface area contributed by atoms with Gasteiger partial charge in [-0.2, -0.15) is 13.2 Å². The third-order valence-corrected chi connectivity index (χ3v) is 7.47. The number of amides is 4. The van der Waals surface area contributed by atoms with Crippen LogP contribution in [-0.4, -0.2) is 71.5 Å². The normalized spacial score (nSPS) is 13.4. The molecule has 3 aromatic carbocycles. The molecule has 0 bridgehead atoms. The first-order valence-electron chi connectivity index (χ1n) is 15.5. The van der Waals surface area contributed by atoms with E-state index in [1.165, 1.54) is 0 Å². The van der Waals surface area contributed by atoms with Gasteiger partial charge in [0.15, 0.2) is 6.61 Å². The van der Waals surface area contributed by atoms with Gasteiger partial charge in [-0.05, 0) is 86.3 Å². The average Bonchev–Trinajstić information content (AvgIpc) is 3.92. The van der Waals surface area contributed by atoms with Gasteiger partial charge < -0.3 is 36.4 Å². The SMILES string of the molecule is NCCCCCNC(=O)c1cccc(NC(=O)c2ccc(CN(C(=O)c3ccc4c(c3)OCC(=O)N4)C3CC3)cc2)c1.O=C(O)C(F)(F)F. The van der Waals surface area contributed by atoms with Gasteiger partial charge in [-0.1, -0.05) is 24.6 Å². The molecule has 1 fully saturated rings. The Morgan fingerprint density at radius 1 is 0.918 bits per heavy atom. The summed E-state index contributed by atoms with van der Waals surface area (Å²) in [5.41, 5.74) is 8.92. The number of aliphatic carboxylic acids is 1. The number of anilines is 2. The van der Waals surface area contributed by atoms with Gasteiger partial charge in [-0.15, -0.1) is 0 Å². The molecule has 1 aliphatic heterocycles. The average molecular weight is 684 g/mol. The van der Waals surface area contributed by atoms with Crippen LogP contribution in [0.2, 0.25) is 0 Å². The minimum absolute atomic E-state index is 0.0757. The molecule has 4 amide bonds. The number of ether oxygens (including phenoxy) is 1. The molecular weight excluding hydrogens is 647 g/mol. The predicted molar refractivity (Wildman–Crippen MR) is 173 cm³/mol. The fourth-order valence-electron chi connectivity index (χ4n) is 4.78. The maximum absolute atomic E-state index is 13.4. The number of carbonyl (C=O) groups is 5. The van der Waals surface area contributed by atoms with Crippen LogP contribution in [0.1, 0.15) is 68.7 Å². The first-order valence-corrected chi connectivity index (χ1v) is 15.5. The van der Waals surface area contributed by atoms with Crippen LogP contribution >= 0.6 is 0 Å². The number of fused-ring (bicyclic) bond motifs is 1. The number of hydrogen-bond donors (Lipinski definition) is 5. The number of carbonyl (C=O) groups excluding carboxylic acids is 4. The van der Waals surface area contributed by atoms with Crippen molar-refractivity contribution < 1.29 is 47.0 Å². The van der Waals surface area contributed by atoms with E-state index in [1.54, 1.807) is 54.6 Å². The smallest absolute Gasteiger partial charge is 0.482 e. The molecule has 3 aromatic rings. The van der Waals surface area contributed by atoms with Crippen LogP contribution < -0.4 is 26.4 Å². The van der Waals surface area contributed by atoms with Gasteiger partial charge in [-0.25, -0.2) is 4.79 Å². The lowest BCUT2D eigenvalue weighted by atomic mass is 10.1. The molecule has 0 unspecified atom stereocenters. The number of rotatable bonds is 12. The van der Waals surface area contributed by atoms with Crippen molar-refractivity contribution in [2.45, 2.75) is 50.9 Å². The van der Waals surface area contributed by atoms with Gasteiger partial charge in [-0.3, -0.25) is 19.2 Å². The number of carboxylic acid groups (broad SMARTS) is 1. The van der Waals surface area contributed by atoms with Crippen molar-refractivity contribution in [1.82, 2.24) is 10.2 Å². The largest absolute Gasteiger partial charge is 0.490 e. The van der Waals surface area contributed by atoms with Gasteiger partial charge in [0.1, 0.15) is 5.75 Å². The molecule has 0 radical (unpaired) electrons. The molecule has 1 saturated carbocycles. The summed E-state index contributed by atoms with van der Waals surface area (Å²) < 4.78 is 37.2. The lowest BCUT2D eigenvalue weighted by Crippen LogP contribution is -2.33. The minimum Gasteiger partial charge on any atom is -0.482 e. The number of unbranched alkanes of at least 4 members (excludes halogenated alkanes) is 2. The van der Waals surface area contributed by atoms with Crippen LogP contribution in [0.4, 0.5) is 24.5 Å². The van der Waals surface area contributed by atoms with E-state index in [1.807, 2.05) is 17.0 Å². The molecule has 15 heteroatoms. The second-order valence-corrected chi connectivity index (χ2v) is 11.4. The van der Waals surface area contributed by atoms with E-state index in [0.717, 1.165) is 37.7 Å². The summed E-state index contributed by atoms with van der Waals surface area (Å²) in [4.78, 5) is 61.1. The zero-order valence-electron chi connectivity index (χ0n) is 26.3. The molecule has 6 N–H and O–H groups in total. The van der Waals surface area contributed by atoms with Gasteiger partial charge in [0.05, 0.1) is 5.69 Å². The molecule has 0 saturated heterocycles. The lowest BCUT2D eigenvalue weighted by Gasteiger charge is -2.24. The number of alkyl halides is 3. The summed E-state index contributed by atoms with van der Waals surface area (Å²) in [6, 6.07) is 19.2. The van der Waals surface area contributed by atoms with Gasteiger partial charge >= 0.3 is 12.1 Å². The standard InChI is InChI=1S/C32H35N5O5.C2HF3O2/c33-15-2-1-3-16-34-30(39)23-5-4-6-25(17-23)35-31(40)22-9-7-21(8-10-22)19-37(26-12-13-26)32(41)24-11-14-27-28(18-24)42-20-29(38)36-27;3-2(4,5)1(6)7/h4-11,14,17-18,26H,1-3,12-13,15-16,19-20,33H2,(H,34,39)(H,35,40)(H,36,38);(H,6,7). The zero-order valence-corrected chi connectivity index (χ0v) is 26.3. The number of nitrogens with two attached hydrogens (primary N) is 1. The van der Waals surface area contributed by atoms with Crippen molar-refractivity contribution in [3.63, 3.8) is 0 Å². The van der Waals surface area contributed by atoms with Gasteiger partial charge in [0.25, 0.3) is 23.6 Å². The minimum atomic E-state index is -5.08. The Hall–Kier alpha value is -5.44. The summed E-state index contributed by atoms with van der Waals surface area (Å²) in [5, 5.41) is 15.6. The highest BCUT2D eigenvalue weighted by Gasteiger charge is 2.38. The molecule has 5 rings (SSSR count). The Labute approximate surface area is 279 Å². The number of halogens is 3. The highest BCUT2D eigenvalue weighted by molar-refractivity contribution is 6.05. The van der Waals surface area contributed by atoms with Gasteiger partial charge in [0.2, 0.25) is 0 Å². The molecule has 260 valence electrons. The van der Waals surface area contributed by atoms with Crippen LogP contribution in [0.15, 0.2) is 66.7 Å². The van der Waals surface area contributed by atoms with Crippen molar-refractivity contribution in [3.8, 4) is 5.75 Å². The zero-order chi connectivity index (χ0) is 35.6. The fourth-order valence-corrected chi connectivity index (χ4v) is 4.78. The van der Waals surface area contributed by atoms with Gasteiger partial charge in [0, 0.05) is 41.5 Å². The molecule has 12 nitrogen and oxygen atoms in total. The predicted octanol–water partition coefficient (Wildman–Crippen LogP) is 4.57. The number of hydrogen-bond acceptors (Lipinski definition) is 7. The molecule has 1 heterocycles. The van der Waals surface area contributed by atoms with Crippen LogP contribution in [0.25, 0.3) is 0 Å². The molecule has 1 aliphatic carbocycles. The Kier molecular flexibility index (Phi) is 12.3. The van der Waals surface area contributed by atoms with Crippen LogP contribution in [-0.2, 0) is 16.1 Å². The highest BCUT2D eigenvalue weighted by Crippen LogP contribution is 2.33. The summed E-state index contributed by atoms with van der Waals surface area (Å²) in [6.45, 7) is 1.55. The van der Waals surface area contributed by atoms with Crippen LogP contribution in [0, 0.1) is 0 Å². The molecule has 0 spiro atoms. The summed E-state index contributed by atoms with van der Waals surface area (Å²) in [6.07, 6.45) is -0.439. The van der Waals surface area contributed by atoms with Crippen molar-refractivity contribution >= 4 is 41.0 Å². The molecule has 2 aliphatic rings. The number of nitrogens with one attached hydrogen (secondary N) is 3. The highest BCUT2D eigenvalue weighted by atomic mass is 19.4. The second-order valence-electron chi connectivity index (χ2n) is 11.4. The Bertz CT molecular complexity index is 1680. The summed E-state index contributed by atoms with van der Waals surface area (Å²) in [5.74, 6) is -3.09. The molecule has 0 atom stereocenters. The third-order valence-electron chi connectivity index (χ3n) is 7.47. The summed E-state index contributed by atoms with van der Waals surface area (Å²) >= 11 is 0. The fraction of sp³-hybridized carbons (Fsp3) is 0.324. The lowest BCUT2D eigenvalue weighted by molar-refractivity contribution is -0.192. The van der Waals surface area contributed by atoms with E-state index in [2.05, 4.69) is 16.0 Å². The Morgan fingerprint density at radius 3 is 2.27 bits per heavy atom. The van der Waals surface area contributed by atoms with Crippen molar-refractivity contribution in [1.29, 1.82) is 0 Å². The van der Waals surface area contributed by atoms with E-state index in [9.17, 15) is 32.3 Å². The third kappa shape index (κ3) is 10.8. The molecule has 49 heavy (non-hydrogen) atoms. The Morgan fingerprint density at radius 2 is 1.61 bits per heavy atom. The van der Waals surface area contributed by atoms with E-state index in [0.29, 0.717) is 53.4 Å². The van der Waals surface area contributed by atoms with E-state index >= 15 is 0 Å². The van der Waals surface area contributed by atoms with E-state index in [4.69, 9.17) is 20.4 Å². The Balaban J connectivity index is 0.000000698. The van der Waals surface area contributed by atoms with Crippen molar-refractivity contribution in [2.24, 2.45) is 5.73 Å². The summed E-state index contributed by atoms with van der Waals surface area (Å²) in [7, 11) is 0. The number of nitrogens with zero attached hydrogens (tertiary/aromatic N) is 1. The maximum Gasteiger partial charge on any atom is 0.490 e. The van der Waals surface area contributed by atoms with Crippen LogP contribution in [0.3, 0.4) is 0 Å². The number of carboxylic acids is 1. The molecular formula is C34H36F3N5O7. The monoisotopic (exact) mass is 683 g/mol. The van der Waals surface area contributed by atoms with E-state index < -0.39 is 12.1 Å². The van der Waals surface area contributed by atoms with Crippen molar-refractivity contribution in [3.05, 3.63) is 89.0 Å². The maximum atomic E-state index is 13.4. The first-order chi connectivity index (χ1) is 23.3. The first kappa shape index (κ1) is 36.4. The second kappa shape index (κ2) is 16.6. The van der Waals surface area contributed by atoms with Crippen molar-refractivity contribution in [2.75, 3.05) is 30.3 Å². The number of benzene rings is 3.